The number of hydrogen-bond donors (Lipinski definition) is 1. The Kier molecular flexibility index (Phi) is 4.03. The van der Waals surface area contributed by atoms with Gasteiger partial charge in [-0.05, 0) is 0 Å². The number of carbonyl (C=O) groups excluding carboxylic acids is 2. The first-order valence-electron chi connectivity index (χ1n) is 4.35. The van der Waals surface area contributed by atoms with Crippen LogP contribution in [0.2, 0.25) is 0 Å². The average molecular weight is 222 g/mol. The van der Waals surface area contributed by atoms with E-state index in [1.807, 2.05) is 0 Å². The third kappa shape index (κ3) is 3.09. The summed E-state index contributed by atoms with van der Waals surface area (Å²) in [6, 6.07) is 0. The maximum atomic E-state index is 11.2. The monoisotopic (exact) mass is 222 g/mol. The van der Waals surface area contributed by atoms with Gasteiger partial charge in [-0.15, -0.1) is 11.5 Å². The van der Waals surface area contributed by atoms with Gasteiger partial charge in [-0.25, -0.2) is 14.5 Å². The van der Waals surface area contributed by atoms with Crippen LogP contribution in [0.15, 0.2) is 6.33 Å². The summed E-state index contributed by atoms with van der Waals surface area (Å²) in [6.45, 7) is 0.100. The van der Waals surface area contributed by atoms with Gasteiger partial charge in [-0.3, -0.25) is 4.79 Å². The van der Waals surface area contributed by atoms with Crippen LogP contribution < -0.4 is 5.32 Å². The fourth-order valence-electron chi connectivity index (χ4n) is 0.908. The predicted octanol–water partition coefficient (Wildman–Crippen LogP) is -1.19. The zero-order valence-corrected chi connectivity index (χ0v) is 8.64. The van der Waals surface area contributed by atoms with Gasteiger partial charge in [0.1, 0.15) is 12.9 Å². The van der Waals surface area contributed by atoms with Crippen molar-refractivity contribution >= 4 is 11.9 Å². The highest BCUT2D eigenvalue weighted by Gasteiger charge is 2.12. The summed E-state index contributed by atoms with van der Waals surface area (Å²) < 4.78 is 5.64. The molecular formula is C9H10N4O3. The van der Waals surface area contributed by atoms with Crippen LogP contribution >= 0.6 is 0 Å². The van der Waals surface area contributed by atoms with E-state index in [1.165, 1.54) is 18.1 Å². The van der Waals surface area contributed by atoms with E-state index in [4.69, 9.17) is 6.42 Å². The molecule has 0 aliphatic carbocycles. The molecule has 7 nitrogen and oxygen atoms in total. The van der Waals surface area contributed by atoms with Crippen molar-refractivity contribution in [1.82, 2.24) is 20.1 Å². The SMILES string of the molecule is C#CCNC(=O)Cn1cnc(C(=O)OC)n1. The van der Waals surface area contributed by atoms with E-state index in [0.717, 1.165) is 0 Å². The van der Waals surface area contributed by atoms with Crippen LogP contribution in [0.4, 0.5) is 0 Å². The van der Waals surface area contributed by atoms with Gasteiger partial charge in [-0.1, -0.05) is 5.92 Å². The molecule has 0 unspecified atom stereocenters. The van der Waals surface area contributed by atoms with Crippen molar-refractivity contribution in [3.8, 4) is 12.3 Å². The first-order valence-corrected chi connectivity index (χ1v) is 4.35. The van der Waals surface area contributed by atoms with Crippen LogP contribution in [0.3, 0.4) is 0 Å². The molecular weight excluding hydrogens is 212 g/mol. The molecule has 84 valence electrons. The molecule has 7 heteroatoms. The quantitative estimate of drug-likeness (QED) is 0.511. The Labute approximate surface area is 91.8 Å². The smallest absolute Gasteiger partial charge is 0.377 e. The van der Waals surface area contributed by atoms with Crippen molar-refractivity contribution in [2.24, 2.45) is 0 Å². The molecule has 0 saturated carbocycles. The largest absolute Gasteiger partial charge is 0.463 e. The summed E-state index contributed by atoms with van der Waals surface area (Å²) >= 11 is 0. The summed E-state index contributed by atoms with van der Waals surface area (Å²) in [4.78, 5) is 25.9. The molecule has 1 N–H and O–H groups in total. The maximum Gasteiger partial charge on any atom is 0.377 e. The topological polar surface area (TPSA) is 86.1 Å². The van der Waals surface area contributed by atoms with E-state index in [9.17, 15) is 9.59 Å². The third-order valence-electron chi connectivity index (χ3n) is 1.60. The molecule has 1 amide bonds. The Morgan fingerprint density at radius 2 is 2.44 bits per heavy atom. The van der Waals surface area contributed by atoms with Crippen LogP contribution in [0.25, 0.3) is 0 Å². The molecule has 1 rings (SSSR count). The van der Waals surface area contributed by atoms with Gasteiger partial charge in [-0.2, -0.15) is 0 Å². The van der Waals surface area contributed by atoms with E-state index in [0.29, 0.717) is 0 Å². The van der Waals surface area contributed by atoms with E-state index in [2.05, 4.69) is 26.1 Å². The van der Waals surface area contributed by atoms with E-state index < -0.39 is 5.97 Å². The van der Waals surface area contributed by atoms with Crippen LogP contribution in [0, 0.1) is 12.3 Å². The lowest BCUT2D eigenvalue weighted by atomic mass is 10.5. The van der Waals surface area contributed by atoms with Gasteiger partial charge in [0.2, 0.25) is 5.91 Å². The second kappa shape index (κ2) is 5.50. The van der Waals surface area contributed by atoms with Gasteiger partial charge >= 0.3 is 5.97 Å². The van der Waals surface area contributed by atoms with Crippen molar-refractivity contribution in [1.29, 1.82) is 0 Å². The number of nitrogens with one attached hydrogen (secondary N) is 1. The molecule has 0 aliphatic heterocycles. The van der Waals surface area contributed by atoms with Gasteiger partial charge in [0.05, 0.1) is 13.7 Å². The number of carbonyl (C=O) groups is 2. The Hall–Kier alpha value is -2.36. The zero-order chi connectivity index (χ0) is 12.0. The number of aromatic nitrogens is 3. The van der Waals surface area contributed by atoms with Gasteiger partial charge in [0.25, 0.3) is 5.82 Å². The highest BCUT2D eigenvalue weighted by Crippen LogP contribution is 1.92. The molecule has 0 fully saturated rings. The van der Waals surface area contributed by atoms with E-state index in [-0.39, 0.29) is 24.8 Å². The number of nitrogens with zero attached hydrogens (tertiary/aromatic N) is 3. The molecule has 1 aromatic rings. The van der Waals surface area contributed by atoms with Crippen molar-refractivity contribution in [3.63, 3.8) is 0 Å². The minimum atomic E-state index is -0.650. The number of ether oxygens (including phenoxy) is 1. The zero-order valence-electron chi connectivity index (χ0n) is 8.64. The molecule has 16 heavy (non-hydrogen) atoms. The van der Waals surface area contributed by atoms with Gasteiger partial charge in [0.15, 0.2) is 0 Å². The summed E-state index contributed by atoms with van der Waals surface area (Å²) in [5.41, 5.74) is 0. The first-order chi connectivity index (χ1) is 7.67. The van der Waals surface area contributed by atoms with Crippen molar-refractivity contribution in [2.75, 3.05) is 13.7 Å². The fourth-order valence-corrected chi connectivity index (χ4v) is 0.908. The summed E-state index contributed by atoms with van der Waals surface area (Å²) in [5, 5.41) is 6.20. The normalized spacial score (nSPS) is 9.25. The lowest BCUT2D eigenvalue weighted by Gasteiger charge is -2.00. The van der Waals surface area contributed by atoms with Crippen LogP contribution in [0.1, 0.15) is 10.6 Å². The number of methoxy groups -OCH3 is 1. The maximum absolute atomic E-state index is 11.2. The number of esters is 1. The molecule has 0 saturated heterocycles. The summed E-state index contributed by atoms with van der Waals surface area (Å²) in [5.74, 6) is 1.22. The van der Waals surface area contributed by atoms with Crippen molar-refractivity contribution in [3.05, 3.63) is 12.2 Å². The van der Waals surface area contributed by atoms with Crippen LogP contribution in [-0.2, 0) is 16.1 Å². The number of hydrogen-bond acceptors (Lipinski definition) is 5. The summed E-state index contributed by atoms with van der Waals surface area (Å²) in [6.07, 6.45) is 6.24. The number of rotatable bonds is 4. The fraction of sp³-hybridized carbons (Fsp3) is 0.333. The Morgan fingerprint density at radius 1 is 1.69 bits per heavy atom. The lowest BCUT2D eigenvalue weighted by Crippen LogP contribution is -2.28. The highest BCUT2D eigenvalue weighted by molar-refractivity contribution is 5.84. The Morgan fingerprint density at radius 3 is 3.06 bits per heavy atom. The minimum absolute atomic E-state index is 0.0499. The molecule has 0 spiro atoms. The average Bonchev–Trinajstić information content (AvgIpc) is 2.73. The number of amides is 1. The molecule has 1 heterocycles. The molecule has 0 bridgehead atoms. The molecule has 0 radical (unpaired) electrons. The second-order valence-electron chi connectivity index (χ2n) is 2.74. The third-order valence-corrected chi connectivity index (χ3v) is 1.60. The van der Waals surface area contributed by atoms with Crippen LogP contribution in [-0.4, -0.2) is 40.3 Å². The molecule has 0 aromatic carbocycles. The Balaban J connectivity index is 2.56. The standard InChI is InChI=1S/C9H10N4O3/c1-3-4-10-7(14)5-13-6-11-8(12-13)9(15)16-2/h1,6H,4-5H2,2H3,(H,10,14). The summed E-state index contributed by atoms with van der Waals surface area (Å²) in [7, 11) is 1.22. The lowest BCUT2D eigenvalue weighted by molar-refractivity contribution is -0.121. The minimum Gasteiger partial charge on any atom is -0.463 e. The predicted molar refractivity (Wildman–Crippen MR) is 53.2 cm³/mol. The van der Waals surface area contributed by atoms with Crippen LogP contribution in [0.5, 0.6) is 0 Å². The Bertz CT molecular complexity index is 432. The highest BCUT2D eigenvalue weighted by atomic mass is 16.5. The van der Waals surface area contributed by atoms with Gasteiger partial charge in [0, 0.05) is 0 Å². The van der Waals surface area contributed by atoms with E-state index >= 15 is 0 Å². The molecule has 0 atom stereocenters. The second-order valence-corrected chi connectivity index (χ2v) is 2.74. The molecule has 0 aliphatic rings. The van der Waals surface area contributed by atoms with Crippen molar-refractivity contribution in [2.45, 2.75) is 6.54 Å². The first kappa shape index (κ1) is 11.7. The van der Waals surface area contributed by atoms with E-state index in [1.54, 1.807) is 0 Å². The van der Waals surface area contributed by atoms with Crippen molar-refractivity contribution < 1.29 is 14.3 Å². The van der Waals surface area contributed by atoms with Gasteiger partial charge < -0.3 is 10.1 Å². The number of terminal acetylenes is 1. The molecule has 1 aromatic heterocycles.